The van der Waals surface area contributed by atoms with Gasteiger partial charge >= 0.3 is 5.97 Å². The van der Waals surface area contributed by atoms with Crippen molar-refractivity contribution in [2.45, 2.75) is 0 Å². The van der Waals surface area contributed by atoms with E-state index in [0.717, 1.165) is 10.8 Å². The Bertz CT molecular complexity index is 1060. The minimum atomic E-state index is -0.694. The first-order valence-corrected chi connectivity index (χ1v) is 8.42. The lowest BCUT2D eigenvalue weighted by atomic mass is 10.1. The van der Waals surface area contributed by atoms with Gasteiger partial charge in [-0.3, -0.25) is 9.59 Å². The van der Waals surface area contributed by atoms with Crippen molar-refractivity contribution in [2.24, 2.45) is 5.73 Å². The highest BCUT2D eigenvalue weighted by atomic mass is 16.5. The summed E-state index contributed by atoms with van der Waals surface area (Å²) in [4.78, 5) is 36.0. The third-order valence-electron chi connectivity index (χ3n) is 4.09. The van der Waals surface area contributed by atoms with Crippen LogP contribution < -0.4 is 15.8 Å². The van der Waals surface area contributed by atoms with Crippen LogP contribution in [0.2, 0.25) is 0 Å². The molecular formula is C21H18N2O5. The molecule has 0 atom stereocenters. The minimum absolute atomic E-state index is 0.165. The molecule has 3 aromatic carbocycles. The van der Waals surface area contributed by atoms with Crippen LogP contribution >= 0.6 is 0 Å². The Morgan fingerprint density at radius 1 is 0.929 bits per heavy atom. The average molecular weight is 378 g/mol. The third kappa shape index (κ3) is 4.09. The SMILES string of the molecule is COc1cc2ccccc2cc1C(=O)OCC(=O)Nc1ccccc1C(N)=O. The quantitative estimate of drug-likeness (QED) is 0.641. The van der Waals surface area contributed by atoms with Gasteiger partial charge in [0.25, 0.3) is 11.8 Å². The minimum Gasteiger partial charge on any atom is -0.496 e. The number of rotatable bonds is 6. The highest BCUT2D eigenvalue weighted by molar-refractivity contribution is 6.04. The second-order valence-electron chi connectivity index (χ2n) is 5.93. The summed E-state index contributed by atoms with van der Waals surface area (Å²) in [5, 5.41) is 4.26. The van der Waals surface area contributed by atoms with Crippen molar-refractivity contribution < 1.29 is 23.9 Å². The lowest BCUT2D eigenvalue weighted by Crippen LogP contribution is -2.23. The third-order valence-corrected chi connectivity index (χ3v) is 4.09. The first-order chi connectivity index (χ1) is 13.5. The molecule has 0 aliphatic carbocycles. The first kappa shape index (κ1) is 18.9. The summed E-state index contributed by atoms with van der Waals surface area (Å²) in [5.74, 6) is -1.61. The van der Waals surface area contributed by atoms with Gasteiger partial charge in [-0.25, -0.2) is 4.79 Å². The number of fused-ring (bicyclic) bond motifs is 1. The van der Waals surface area contributed by atoms with Crippen molar-refractivity contribution >= 4 is 34.2 Å². The summed E-state index contributed by atoms with van der Waals surface area (Å²) in [5.41, 5.74) is 5.91. The zero-order valence-electron chi connectivity index (χ0n) is 15.1. The molecule has 0 fully saturated rings. The zero-order valence-corrected chi connectivity index (χ0v) is 15.1. The number of methoxy groups -OCH3 is 1. The van der Waals surface area contributed by atoms with E-state index < -0.39 is 24.4 Å². The number of carbonyl (C=O) groups is 3. The Balaban J connectivity index is 1.71. The molecule has 0 saturated carbocycles. The van der Waals surface area contributed by atoms with E-state index in [0.29, 0.717) is 5.75 Å². The summed E-state index contributed by atoms with van der Waals surface area (Å²) < 4.78 is 10.4. The largest absolute Gasteiger partial charge is 0.496 e. The standard InChI is InChI=1S/C21H18N2O5/c1-27-18-11-14-7-3-2-6-13(14)10-16(18)21(26)28-12-19(24)23-17-9-5-4-8-15(17)20(22)25/h2-11H,12H2,1H3,(H2,22,25)(H,23,24). The molecule has 7 nitrogen and oxygen atoms in total. The van der Waals surface area contributed by atoms with E-state index in [1.54, 1.807) is 24.3 Å². The van der Waals surface area contributed by atoms with Crippen molar-refractivity contribution in [1.82, 2.24) is 0 Å². The predicted octanol–water partition coefficient (Wildman–Crippen LogP) is 2.74. The summed E-state index contributed by atoms with van der Waals surface area (Å²) in [6.45, 7) is -0.526. The summed E-state index contributed by atoms with van der Waals surface area (Å²) in [6.07, 6.45) is 0. The molecule has 0 aromatic heterocycles. The number of esters is 1. The van der Waals surface area contributed by atoms with Gasteiger partial charge in [-0.1, -0.05) is 36.4 Å². The number of hydrogen-bond donors (Lipinski definition) is 2. The van der Waals surface area contributed by atoms with Crippen LogP contribution in [0.1, 0.15) is 20.7 Å². The van der Waals surface area contributed by atoms with E-state index >= 15 is 0 Å². The van der Waals surface area contributed by atoms with Gasteiger partial charge < -0.3 is 20.5 Å². The topological polar surface area (TPSA) is 108 Å². The molecule has 2 amide bonds. The van der Waals surface area contributed by atoms with Crippen molar-refractivity contribution in [2.75, 3.05) is 19.0 Å². The van der Waals surface area contributed by atoms with Gasteiger partial charge in [0.2, 0.25) is 0 Å². The van der Waals surface area contributed by atoms with Crippen LogP contribution in [0.3, 0.4) is 0 Å². The monoisotopic (exact) mass is 378 g/mol. The van der Waals surface area contributed by atoms with E-state index in [4.69, 9.17) is 15.2 Å². The Morgan fingerprint density at radius 3 is 2.25 bits per heavy atom. The van der Waals surface area contributed by atoms with Gasteiger partial charge in [-0.2, -0.15) is 0 Å². The summed E-state index contributed by atoms with van der Waals surface area (Å²) in [6, 6.07) is 17.2. The van der Waals surface area contributed by atoms with Crippen LogP contribution in [0.15, 0.2) is 60.7 Å². The molecule has 3 aromatic rings. The fourth-order valence-electron chi connectivity index (χ4n) is 2.75. The van der Waals surface area contributed by atoms with Crippen LogP contribution in [0.25, 0.3) is 10.8 Å². The van der Waals surface area contributed by atoms with Crippen LogP contribution in [0.4, 0.5) is 5.69 Å². The van der Waals surface area contributed by atoms with Gasteiger partial charge in [0.05, 0.1) is 18.4 Å². The molecule has 3 rings (SSSR count). The van der Waals surface area contributed by atoms with Gasteiger partial charge in [0.15, 0.2) is 6.61 Å². The van der Waals surface area contributed by atoms with Gasteiger partial charge in [-0.05, 0) is 35.0 Å². The zero-order chi connectivity index (χ0) is 20.1. The lowest BCUT2D eigenvalue weighted by molar-refractivity contribution is -0.119. The molecule has 0 spiro atoms. The molecule has 0 aliphatic heterocycles. The molecule has 142 valence electrons. The van der Waals surface area contributed by atoms with Crippen molar-refractivity contribution in [3.63, 3.8) is 0 Å². The number of nitrogens with two attached hydrogens (primary N) is 1. The highest BCUT2D eigenvalue weighted by Gasteiger charge is 2.17. The Kier molecular flexibility index (Phi) is 5.55. The van der Waals surface area contributed by atoms with E-state index in [1.165, 1.54) is 19.2 Å². The average Bonchev–Trinajstić information content (AvgIpc) is 2.71. The Morgan fingerprint density at radius 2 is 1.57 bits per heavy atom. The number of primary amides is 1. The van der Waals surface area contributed by atoms with Crippen LogP contribution in [0.5, 0.6) is 5.75 Å². The molecule has 28 heavy (non-hydrogen) atoms. The molecule has 0 radical (unpaired) electrons. The molecule has 0 unspecified atom stereocenters. The van der Waals surface area contributed by atoms with E-state index in [2.05, 4.69) is 5.32 Å². The van der Waals surface area contributed by atoms with E-state index in [1.807, 2.05) is 24.3 Å². The number of nitrogens with one attached hydrogen (secondary N) is 1. The maximum Gasteiger partial charge on any atom is 0.342 e. The molecule has 0 saturated heterocycles. The van der Waals surface area contributed by atoms with E-state index in [-0.39, 0.29) is 16.8 Å². The number of benzene rings is 3. The Labute approximate surface area is 161 Å². The molecule has 0 heterocycles. The predicted molar refractivity (Wildman–Crippen MR) is 104 cm³/mol. The molecule has 0 bridgehead atoms. The second-order valence-corrected chi connectivity index (χ2v) is 5.93. The smallest absolute Gasteiger partial charge is 0.342 e. The maximum absolute atomic E-state index is 12.4. The van der Waals surface area contributed by atoms with Crippen LogP contribution in [0, 0.1) is 0 Å². The van der Waals surface area contributed by atoms with Crippen molar-refractivity contribution in [1.29, 1.82) is 0 Å². The number of carbonyl (C=O) groups excluding carboxylic acids is 3. The first-order valence-electron chi connectivity index (χ1n) is 8.42. The fourth-order valence-corrected chi connectivity index (χ4v) is 2.75. The molecule has 0 aliphatic rings. The second kappa shape index (κ2) is 8.22. The van der Waals surface area contributed by atoms with Gasteiger partial charge in [0, 0.05) is 0 Å². The normalized spacial score (nSPS) is 10.3. The Hall–Kier alpha value is -3.87. The lowest BCUT2D eigenvalue weighted by Gasteiger charge is -2.11. The molecule has 7 heteroatoms. The van der Waals surface area contributed by atoms with E-state index in [9.17, 15) is 14.4 Å². The number of amides is 2. The molecule has 3 N–H and O–H groups in total. The van der Waals surface area contributed by atoms with Crippen LogP contribution in [-0.2, 0) is 9.53 Å². The summed E-state index contributed by atoms with van der Waals surface area (Å²) >= 11 is 0. The fraction of sp³-hybridized carbons (Fsp3) is 0.0952. The van der Waals surface area contributed by atoms with Crippen molar-refractivity contribution in [3.05, 3.63) is 71.8 Å². The van der Waals surface area contributed by atoms with Crippen LogP contribution in [-0.4, -0.2) is 31.5 Å². The maximum atomic E-state index is 12.4. The summed E-state index contributed by atoms with van der Waals surface area (Å²) in [7, 11) is 1.45. The number of para-hydroxylation sites is 1. The van der Waals surface area contributed by atoms with Gasteiger partial charge in [-0.15, -0.1) is 0 Å². The molecular weight excluding hydrogens is 360 g/mol. The number of anilines is 1. The number of ether oxygens (including phenoxy) is 2. The van der Waals surface area contributed by atoms with Crippen molar-refractivity contribution in [3.8, 4) is 5.75 Å². The number of hydrogen-bond acceptors (Lipinski definition) is 5. The van der Waals surface area contributed by atoms with Gasteiger partial charge in [0.1, 0.15) is 11.3 Å². The highest BCUT2D eigenvalue weighted by Crippen LogP contribution is 2.26.